The first kappa shape index (κ1) is 20.2. The van der Waals surface area contributed by atoms with Gasteiger partial charge in [-0.05, 0) is 31.5 Å². The Kier molecular flexibility index (Phi) is 5.69. The normalized spacial score (nSPS) is 11.9. The predicted molar refractivity (Wildman–Crippen MR) is 102 cm³/mol. The summed E-state index contributed by atoms with van der Waals surface area (Å²) in [6.45, 7) is 4.28. The van der Waals surface area contributed by atoms with Crippen LogP contribution in [0.3, 0.4) is 0 Å². The van der Waals surface area contributed by atoms with Crippen molar-refractivity contribution in [2.24, 2.45) is 7.05 Å². The van der Waals surface area contributed by atoms with Crippen molar-refractivity contribution < 1.29 is 18.0 Å². The van der Waals surface area contributed by atoms with Crippen LogP contribution in [0.15, 0.2) is 29.4 Å². The van der Waals surface area contributed by atoms with Crippen LogP contribution in [0.1, 0.15) is 24.6 Å². The molecule has 0 aliphatic carbocycles. The SMILES string of the molecule is CCCn1c(SCC(=O)Nc2cc(C)nn2C)nc2ccc(C(F)(F)F)cc21. The van der Waals surface area contributed by atoms with Gasteiger partial charge in [-0.1, -0.05) is 18.7 Å². The first-order chi connectivity index (χ1) is 13.2. The highest BCUT2D eigenvalue weighted by Gasteiger charge is 2.31. The zero-order chi connectivity index (χ0) is 20.5. The molecule has 6 nitrogen and oxygen atoms in total. The molecule has 0 saturated heterocycles. The Hall–Kier alpha value is -2.49. The topological polar surface area (TPSA) is 64.7 Å². The summed E-state index contributed by atoms with van der Waals surface area (Å²) in [6.07, 6.45) is -3.68. The molecular formula is C18H20F3N5OS. The van der Waals surface area contributed by atoms with Crippen LogP contribution >= 0.6 is 11.8 Å². The predicted octanol–water partition coefficient (Wildman–Crippen LogP) is 4.24. The largest absolute Gasteiger partial charge is 0.416 e. The third-order valence-corrected chi connectivity index (χ3v) is 5.07. The molecule has 2 aromatic heterocycles. The van der Waals surface area contributed by atoms with Gasteiger partial charge in [0.2, 0.25) is 5.91 Å². The highest BCUT2D eigenvalue weighted by atomic mass is 32.2. The van der Waals surface area contributed by atoms with Gasteiger partial charge < -0.3 is 9.88 Å². The number of hydrogen-bond acceptors (Lipinski definition) is 4. The molecule has 28 heavy (non-hydrogen) atoms. The van der Waals surface area contributed by atoms with E-state index in [2.05, 4.69) is 15.4 Å². The summed E-state index contributed by atoms with van der Waals surface area (Å²) in [7, 11) is 1.73. The number of rotatable bonds is 6. The van der Waals surface area contributed by atoms with E-state index in [0.717, 1.165) is 24.2 Å². The van der Waals surface area contributed by atoms with E-state index in [-0.39, 0.29) is 11.7 Å². The summed E-state index contributed by atoms with van der Waals surface area (Å²) in [5.41, 5.74) is 0.974. The summed E-state index contributed by atoms with van der Waals surface area (Å²) in [5.74, 6) is 0.433. The van der Waals surface area contributed by atoms with Crippen LogP contribution in [-0.2, 0) is 24.6 Å². The number of benzene rings is 1. The van der Waals surface area contributed by atoms with Gasteiger partial charge in [0.25, 0.3) is 0 Å². The summed E-state index contributed by atoms with van der Waals surface area (Å²) in [5, 5.41) is 7.46. The minimum absolute atomic E-state index is 0.0867. The number of carbonyl (C=O) groups is 1. The molecule has 10 heteroatoms. The third kappa shape index (κ3) is 4.32. The molecule has 0 spiro atoms. The highest BCUT2D eigenvalue weighted by Crippen LogP contribution is 2.33. The van der Waals surface area contributed by atoms with Gasteiger partial charge >= 0.3 is 6.18 Å². The van der Waals surface area contributed by atoms with Crippen molar-refractivity contribution in [2.75, 3.05) is 11.1 Å². The lowest BCUT2D eigenvalue weighted by molar-refractivity contribution is -0.137. The van der Waals surface area contributed by atoms with E-state index in [0.29, 0.717) is 28.6 Å². The third-order valence-electron chi connectivity index (χ3n) is 4.09. The first-order valence-corrected chi connectivity index (χ1v) is 9.68. The van der Waals surface area contributed by atoms with Crippen LogP contribution in [0, 0.1) is 6.92 Å². The molecule has 0 atom stereocenters. The van der Waals surface area contributed by atoms with E-state index in [1.165, 1.54) is 17.8 Å². The van der Waals surface area contributed by atoms with Crippen LogP contribution in [0.5, 0.6) is 0 Å². The second-order valence-electron chi connectivity index (χ2n) is 6.38. The molecule has 0 unspecified atom stereocenters. The lowest BCUT2D eigenvalue weighted by Gasteiger charge is -2.09. The lowest BCUT2D eigenvalue weighted by Crippen LogP contribution is -2.16. The molecule has 0 bridgehead atoms. The first-order valence-electron chi connectivity index (χ1n) is 8.69. The van der Waals surface area contributed by atoms with Crippen molar-refractivity contribution in [1.29, 1.82) is 0 Å². The number of carbonyl (C=O) groups excluding carboxylic acids is 1. The average Bonchev–Trinajstić information content (AvgIpc) is 3.11. The van der Waals surface area contributed by atoms with E-state index in [1.807, 2.05) is 13.8 Å². The lowest BCUT2D eigenvalue weighted by atomic mass is 10.2. The molecule has 0 fully saturated rings. The number of amides is 1. The number of nitrogens with one attached hydrogen (secondary N) is 1. The minimum Gasteiger partial charge on any atom is -0.319 e. The van der Waals surface area contributed by atoms with Gasteiger partial charge in [0, 0.05) is 19.7 Å². The van der Waals surface area contributed by atoms with Gasteiger partial charge in [-0.2, -0.15) is 18.3 Å². The Morgan fingerprint density at radius 1 is 1.29 bits per heavy atom. The van der Waals surface area contributed by atoms with Crippen molar-refractivity contribution in [3.63, 3.8) is 0 Å². The fourth-order valence-corrected chi connectivity index (χ4v) is 3.70. The molecule has 1 N–H and O–H groups in total. The number of thioether (sulfide) groups is 1. The molecule has 0 aliphatic rings. The number of aryl methyl sites for hydroxylation is 3. The van der Waals surface area contributed by atoms with Gasteiger partial charge in [-0.15, -0.1) is 0 Å². The van der Waals surface area contributed by atoms with E-state index in [4.69, 9.17) is 0 Å². The molecular weight excluding hydrogens is 391 g/mol. The molecule has 150 valence electrons. The summed E-state index contributed by atoms with van der Waals surface area (Å²) in [4.78, 5) is 16.7. The van der Waals surface area contributed by atoms with Gasteiger partial charge in [-0.3, -0.25) is 9.48 Å². The number of anilines is 1. The molecule has 3 aromatic rings. The second kappa shape index (κ2) is 7.86. The zero-order valence-electron chi connectivity index (χ0n) is 15.7. The van der Waals surface area contributed by atoms with Crippen LogP contribution in [0.25, 0.3) is 11.0 Å². The maximum absolute atomic E-state index is 13.0. The Balaban J connectivity index is 1.80. The van der Waals surface area contributed by atoms with Crippen molar-refractivity contribution in [3.8, 4) is 0 Å². The molecule has 3 rings (SSSR count). The van der Waals surface area contributed by atoms with E-state index >= 15 is 0 Å². The smallest absolute Gasteiger partial charge is 0.319 e. The summed E-state index contributed by atoms with van der Waals surface area (Å²) < 4.78 is 42.4. The van der Waals surface area contributed by atoms with Crippen LogP contribution < -0.4 is 5.32 Å². The maximum atomic E-state index is 13.0. The van der Waals surface area contributed by atoms with Crippen LogP contribution in [0.2, 0.25) is 0 Å². The van der Waals surface area contributed by atoms with Gasteiger partial charge in [0.1, 0.15) is 5.82 Å². The number of nitrogens with zero attached hydrogens (tertiary/aromatic N) is 4. The fourth-order valence-electron chi connectivity index (χ4n) is 2.86. The highest BCUT2D eigenvalue weighted by molar-refractivity contribution is 7.99. The van der Waals surface area contributed by atoms with Gasteiger partial charge in [-0.25, -0.2) is 4.98 Å². The Morgan fingerprint density at radius 2 is 2.04 bits per heavy atom. The monoisotopic (exact) mass is 411 g/mol. The van der Waals surface area contributed by atoms with Gasteiger partial charge in [0.05, 0.1) is 28.0 Å². The Bertz CT molecular complexity index is 1010. The number of alkyl halides is 3. The fraction of sp³-hybridized carbons (Fsp3) is 0.389. The average molecular weight is 411 g/mol. The van der Waals surface area contributed by atoms with Crippen molar-refractivity contribution in [1.82, 2.24) is 19.3 Å². The molecule has 0 radical (unpaired) electrons. The van der Waals surface area contributed by atoms with Crippen LogP contribution in [-0.4, -0.2) is 31.0 Å². The van der Waals surface area contributed by atoms with Crippen molar-refractivity contribution in [2.45, 2.75) is 38.1 Å². The standard InChI is InChI=1S/C18H20F3N5OS/c1-4-7-26-14-9-12(18(19,20)21)5-6-13(14)22-17(26)28-10-16(27)23-15-8-11(2)24-25(15)3/h5-6,8-9H,4,7,10H2,1-3H3,(H,23,27). The number of imidazole rings is 1. The molecule has 2 heterocycles. The van der Waals surface area contributed by atoms with E-state index in [9.17, 15) is 18.0 Å². The van der Waals surface area contributed by atoms with E-state index < -0.39 is 11.7 Å². The number of fused-ring (bicyclic) bond motifs is 1. The van der Waals surface area contributed by atoms with Crippen LogP contribution in [0.4, 0.5) is 19.0 Å². The molecule has 0 saturated carbocycles. The molecule has 1 aromatic carbocycles. The number of aromatic nitrogens is 4. The Labute approximate surface area is 164 Å². The van der Waals surface area contributed by atoms with Crippen molar-refractivity contribution >= 4 is 34.5 Å². The molecule has 0 aliphatic heterocycles. The number of hydrogen-bond donors (Lipinski definition) is 1. The second-order valence-corrected chi connectivity index (χ2v) is 7.32. The quantitative estimate of drug-likeness (QED) is 0.617. The number of halogens is 3. The summed E-state index contributed by atoms with van der Waals surface area (Å²) >= 11 is 1.19. The Morgan fingerprint density at radius 3 is 2.64 bits per heavy atom. The zero-order valence-corrected chi connectivity index (χ0v) is 16.5. The maximum Gasteiger partial charge on any atom is 0.416 e. The summed E-state index contributed by atoms with van der Waals surface area (Å²) in [6, 6.07) is 5.26. The van der Waals surface area contributed by atoms with E-state index in [1.54, 1.807) is 22.4 Å². The molecule has 1 amide bonds. The van der Waals surface area contributed by atoms with Crippen molar-refractivity contribution in [3.05, 3.63) is 35.5 Å². The van der Waals surface area contributed by atoms with Gasteiger partial charge in [0.15, 0.2) is 5.16 Å². The minimum atomic E-state index is -4.41.